The van der Waals surface area contributed by atoms with E-state index in [1.807, 2.05) is 12.3 Å². The molecule has 9 heteroatoms. The molecule has 0 unspecified atom stereocenters. The van der Waals surface area contributed by atoms with Gasteiger partial charge in [-0.05, 0) is 19.1 Å². The van der Waals surface area contributed by atoms with E-state index in [4.69, 9.17) is 0 Å². The smallest absolute Gasteiger partial charge is 0.272 e. The van der Waals surface area contributed by atoms with Crippen molar-refractivity contribution >= 4 is 27.3 Å². The van der Waals surface area contributed by atoms with Crippen LogP contribution in [0, 0.1) is 12.8 Å². The molecule has 0 N–H and O–H groups in total. The third kappa shape index (κ3) is 2.96. The molecule has 2 aromatic heterocycles. The van der Waals surface area contributed by atoms with E-state index in [0.717, 1.165) is 10.7 Å². The predicted octanol–water partition coefficient (Wildman–Crippen LogP) is 1.13. The zero-order chi connectivity index (χ0) is 17.6. The van der Waals surface area contributed by atoms with Gasteiger partial charge >= 0.3 is 0 Å². The van der Waals surface area contributed by atoms with Crippen molar-refractivity contribution in [3.05, 3.63) is 46.2 Å². The van der Waals surface area contributed by atoms with Crippen molar-refractivity contribution in [3.8, 4) is 0 Å². The number of fused-ring (bicyclic) bond motifs is 1. The van der Waals surface area contributed by atoms with Crippen molar-refractivity contribution in [3.63, 3.8) is 0 Å². The first-order chi connectivity index (χ1) is 11.9. The topological polar surface area (TPSA) is 83.5 Å². The second-order valence-electron chi connectivity index (χ2n) is 6.42. The van der Waals surface area contributed by atoms with Crippen LogP contribution in [0.4, 0.5) is 0 Å². The first-order valence-electron chi connectivity index (χ1n) is 8.05. The summed E-state index contributed by atoms with van der Waals surface area (Å²) in [4.78, 5) is 22.5. The van der Waals surface area contributed by atoms with E-state index in [1.165, 1.54) is 15.6 Å². The maximum Gasteiger partial charge on any atom is 0.272 e. The van der Waals surface area contributed by atoms with Crippen LogP contribution >= 0.6 is 11.3 Å². The quantitative estimate of drug-likeness (QED) is 0.800. The minimum atomic E-state index is -3.42. The Labute approximate surface area is 150 Å². The maximum atomic E-state index is 12.8. The molecule has 0 aromatic carbocycles. The van der Waals surface area contributed by atoms with Gasteiger partial charge in [-0.3, -0.25) is 9.78 Å². The third-order valence-corrected chi connectivity index (χ3v) is 7.86. The molecular weight excluding hydrogens is 360 g/mol. The Morgan fingerprint density at radius 2 is 2.16 bits per heavy atom. The van der Waals surface area contributed by atoms with Crippen molar-refractivity contribution in [1.29, 1.82) is 0 Å². The monoisotopic (exact) mass is 378 g/mol. The van der Waals surface area contributed by atoms with Crippen molar-refractivity contribution in [2.75, 3.05) is 19.6 Å². The largest absolute Gasteiger partial charge is 0.336 e. The first kappa shape index (κ1) is 16.6. The summed E-state index contributed by atoms with van der Waals surface area (Å²) >= 11 is 1.52. The van der Waals surface area contributed by atoms with Gasteiger partial charge in [0.15, 0.2) is 0 Å². The summed E-state index contributed by atoms with van der Waals surface area (Å²) in [6, 6.07) is 5.16. The lowest BCUT2D eigenvalue weighted by molar-refractivity contribution is 0.0779. The van der Waals surface area contributed by atoms with E-state index in [0.29, 0.717) is 25.3 Å². The minimum Gasteiger partial charge on any atom is -0.336 e. The maximum absolute atomic E-state index is 12.8. The van der Waals surface area contributed by atoms with Gasteiger partial charge in [0.1, 0.15) is 5.69 Å². The van der Waals surface area contributed by atoms with Gasteiger partial charge in [-0.25, -0.2) is 13.4 Å². The van der Waals surface area contributed by atoms with Gasteiger partial charge in [0.05, 0.1) is 22.5 Å². The Balaban J connectivity index is 1.48. The number of aromatic nitrogens is 2. The number of nitrogens with zero attached hydrogens (tertiary/aromatic N) is 4. The Kier molecular flexibility index (Phi) is 4.09. The summed E-state index contributed by atoms with van der Waals surface area (Å²) in [7, 11) is -3.42. The molecule has 0 saturated carbocycles. The number of pyridine rings is 1. The fourth-order valence-corrected chi connectivity index (χ4v) is 6.27. The fraction of sp³-hybridized carbons (Fsp3) is 0.438. The highest BCUT2D eigenvalue weighted by molar-refractivity contribution is 7.90. The van der Waals surface area contributed by atoms with E-state index in [9.17, 15) is 13.2 Å². The molecule has 7 nitrogen and oxygen atoms in total. The second kappa shape index (κ2) is 6.15. The summed E-state index contributed by atoms with van der Waals surface area (Å²) in [5.41, 5.74) is 1.14. The van der Waals surface area contributed by atoms with Crippen molar-refractivity contribution in [2.24, 2.45) is 5.92 Å². The van der Waals surface area contributed by atoms with Gasteiger partial charge in [-0.1, -0.05) is 6.07 Å². The van der Waals surface area contributed by atoms with Crippen LogP contribution in [0.2, 0.25) is 0 Å². The van der Waals surface area contributed by atoms with Gasteiger partial charge in [0.2, 0.25) is 10.0 Å². The van der Waals surface area contributed by atoms with Crippen LogP contribution in [-0.2, 0) is 16.6 Å². The van der Waals surface area contributed by atoms with Crippen molar-refractivity contribution in [2.45, 2.75) is 18.7 Å². The fourth-order valence-electron chi connectivity index (χ4n) is 3.54. The van der Waals surface area contributed by atoms with Crippen LogP contribution in [0.15, 0.2) is 29.8 Å². The Morgan fingerprint density at radius 3 is 2.80 bits per heavy atom. The van der Waals surface area contributed by atoms with Gasteiger partial charge < -0.3 is 4.90 Å². The van der Waals surface area contributed by atoms with Gasteiger partial charge in [0, 0.05) is 37.1 Å². The van der Waals surface area contributed by atoms with Crippen molar-refractivity contribution in [1.82, 2.24) is 19.2 Å². The molecule has 2 aromatic rings. The van der Waals surface area contributed by atoms with Crippen LogP contribution in [0.5, 0.6) is 0 Å². The minimum absolute atomic E-state index is 0.0580. The molecule has 2 atom stereocenters. The van der Waals surface area contributed by atoms with Gasteiger partial charge in [-0.2, -0.15) is 4.31 Å². The summed E-state index contributed by atoms with van der Waals surface area (Å²) in [5.74, 6) is -0.260. The Hall–Kier alpha value is -1.84. The lowest BCUT2D eigenvalue weighted by Gasteiger charge is -2.20. The molecule has 1 amide bonds. The number of sulfonamides is 1. The summed E-state index contributed by atoms with van der Waals surface area (Å²) in [6.45, 7) is 3.34. The number of rotatable bonds is 3. The zero-order valence-electron chi connectivity index (χ0n) is 13.7. The summed E-state index contributed by atoms with van der Waals surface area (Å²) < 4.78 is 27.2. The molecule has 4 rings (SSSR count). The number of carbonyl (C=O) groups is 1. The van der Waals surface area contributed by atoms with E-state index in [2.05, 4.69) is 9.97 Å². The van der Waals surface area contributed by atoms with Crippen LogP contribution in [0.3, 0.4) is 0 Å². The average molecular weight is 378 g/mol. The molecule has 2 saturated heterocycles. The molecule has 0 radical (unpaired) electrons. The Morgan fingerprint density at radius 1 is 1.32 bits per heavy atom. The van der Waals surface area contributed by atoms with E-state index < -0.39 is 15.3 Å². The normalized spacial score (nSPS) is 25.2. The molecule has 4 heterocycles. The SMILES string of the molecule is Cc1nc(CN2C[C@@H]3CN(C(=O)c4ccccn4)C[C@@H]3S2(=O)=O)cs1. The van der Waals surface area contributed by atoms with Crippen LogP contribution in [-0.4, -0.2) is 58.4 Å². The van der Waals surface area contributed by atoms with Gasteiger partial charge in [0.25, 0.3) is 5.91 Å². The van der Waals surface area contributed by atoms with Gasteiger partial charge in [-0.15, -0.1) is 11.3 Å². The molecule has 2 aliphatic rings. The highest BCUT2D eigenvalue weighted by Gasteiger charge is 2.52. The highest BCUT2D eigenvalue weighted by atomic mass is 32.2. The molecular formula is C16H18N4O3S2. The molecule has 2 fully saturated rings. The first-order valence-corrected chi connectivity index (χ1v) is 10.4. The molecule has 25 heavy (non-hydrogen) atoms. The molecule has 0 bridgehead atoms. The zero-order valence-corrected chi connectivity index (χ0v) is 15.3. The number of hydrogen-bond acceptors (Lipinski definition) is 6. The number of aryl methyl sites for hydroxylation is 1. The van der Waals surface area contributed by atoms with E-state index in [-0.39, 0.29) is 18.4 Å². The number of likely N-dealkylation sites (tertiary alicyclic amines) is 1. The van der Waals surface area contributed by atoms with E-state index in [1.54, 1.807) is 29.3 Å². The predicted molar refractivity (Wildman–Crippen MR) is 93.6 cm³/mol. The number of thiazole rings is 1. The molecule has 0 aliphatic carbocycles. The van der Waals surface area contributed by atoms with Crippen LogP contribution < -0.4 is 0 Å². The average Bonchev–Trinajstić information content (AvgIpc) is 3.26. The number of hydrogen-bond donors (Lipinski definition) is 0. The van der Waals surface area contributed by atoms with Crippen LogP contribution in [0.25, 0.3) is 0 Å². The second-order valence-corrected chi connectivity index (χ2v) is 9.63. The molecule has 2 aliphatic heterocycles. The van der Waals surface area contributed by atoms with Crippen LogP contribution in [0.1, 0.15) is 21.2 Å². The third-order valence-electron chi connectivity index (χ3n) is 4.74. The lowest BCUT2D eigenvalue weighted by Crippen LogP contribution is -2.37. The number of carbonyl (C=O) groups excluding carboxylic acids is 1. The summed E-state index contributed by atoms with van der Waals surface area (Å²) in [6.07, 6.45) is 1.57. The van der Waals surface area contributed by atoms with E-state index >= 15 is 0 Å². The standard InChI is InChI=1S/C16H18N4O3S2/c1-11-18-13(10-24-11)8-20-7-12-6-19(9-15(12)25(20,22)23)16(21)14-4-2-3-5-17-14/h2-5,10,12,15H,6-9H2,1H3/t12-,15-/m0/s1. The summed E-state index contributed by atoms with van der Waals surface area (Å²) in [5, 5.41) is 2.30. The number of amides is 1. The molecule has 132 valence electrons. The Bertz CT molecular complexity index is 897. The highest BCUT2D eigenvalue weighted by Crippen LogP contribution is 2.35. The lowest BCUT2D eigenvalue weighted by atomic mass is 10.1. The van der Waals surface area contributed by atoms with Crippen molar-refractivity contribution < 1.29 is 13.2 Å². The molecule has 0 spiro atoms.